The van der Waals surface area contributed by atoms with E-state index in [0.29, 0.717) is 25.2 Å². The van der Waals surface area contributed by atoms with Crippen molar-refractivity contribution in [3.8, 4) is 5.75 Å². The zero-order valence-electron chi connectivity index (χ0n) is 15.2. The Hall–Kier alpha value is -2.47. The van der Waals surface area contributed by atoms with E-state index in [-0.39, 0.29) is 24.2 Å². The molecule has 1 heterocycles. The monoisotopic (exact) mass is 375 g/mol. The Kier molecular flexibility index (Phi) is 6.40. The average Bonchev–Trinajstić information content (AvgIpc) is 3.06. The first-order valence-electron chi connectivity index (χ1n) is 9.05. The van der Waals surface area contributed by atoms with Crippen LogP contribution < -0.4 is 4.74 Å². The fourth-order valence-corrected chi connectivity index (χ4v) is 3.65. The molecule has 0 aliphatic carbocycles. The van der Waals surface area contributed by atoms with Crippen LogP contribution in [0.25, 0.3) is 0 Å². The largest absolute Gasteiger partial charge is 0.466 e. The molecule has 0 N–H and O–H groups in total. The van der Waals surface area contributed by atoms with Gasteiger partial charge in [0.25, 0.3) is 0 Å². The highest BCUT2D eigenvalue weighted by Gasteiger charge is 2.40. The highest BCUT2D eigenvalue weighted by molar-refractivity contribution is 5.75. The van der Waals surface area contributed by atoms with E-state index >= 15 is 0 Å². The summed E-state index contributed by atoms with van der Waals surface area (Å²) in [5.41, 5.74) is 1.75. The van der Waals surface area contributed by atoms with Gasteiger partial charge >= 0.3 is 12.6 Å². The fourth-order valence-electron chi connectivity index (χ4n) is 3.65. The molecule has 144 valence electrons. The number of hydrogen-bond donors (Lipinski definition) is 0. The highest BCUT2D eigenvalue weighted by Crippen LogP contribution is 2.39. The molecular weight excluding hydrogens is 352 g/mol. The number of ether oxygens (including phenoxy) is 2. The van der Waals surface area contributed by atoms with Gasteiger partial charge in [-0.25, -0.2) is 0 Å². The molecule has 2 atom stereocenters. The maximum absolute atomic E-state index is 12.8. The first-order chi connectivity index (χ1) is 13.1. The van der Waals surface area contributed by atoms with Crippen molar-refractivity contribution in [2.75, 3.05) is 19.7 Å². The molecule has 0 spiro atoms. The van der Waals surface area contributed by atoms with Crippen molar-refractivity contribution in [3.05, 3.63) is 65.7 Å². The zero-order valence-corrected chi connectivity index (χ0v) is 15.2. The Morgan fingerprint density at radius 3 is 2.52 bits per heavy atom. The van der Waals surface area contributed by atoms with Crippen LogP contribution in [-0.4, -0.2) is 37.2 Å². The molecule has 1 saturated heterocycles. The topological polar surface area (TPSA) is 38.8 Å². The number of halogens is 2. The maximum Gasteiger partial charge on any atom is 0.387 e. The van der Waals surface area contributed by atoms with Gasteiger partial charge in [0.1, 0.15) is 5.75 Å². The summed E-state index contributed by atoms with van der Waals surface area (Å²) in [4.78, 5) is 14.7. The molecule has 2 aromatic carbocycles. The number of nitrogens with zero attached hydrogens (tertiary/aromatic N) is 1. The second-order valence-electron chi connectivity index (χ2n) is 6.56. The molecular formula is C21H23F2NO3. The second-order valence-corrected chi connectivity index (χ2v) is 6.56. The number of hydrogen-bond acceptors (Lipinski definition) is 4. The van der Waals surface area contributed by atoms with Crippen molar-refractivity contribution in [1.29, 1.82) is 0 Å². The quantitative estimate of drug-likeness (QED) is 0.684. The minimum atomic E-state index is -2.91. The van der Waals surface area contributed by atoms with Gasteiger partial charge in [0.05, 0.1) is 12.5 Å². The predicted molar refractivity (Wildman–Crippen MR) is 97.7 cm³/mol. The van der Waals surface area contributed by atoms with Crippen molar-refractivity contribution >= 4 is 5.97 Å². The Morgan fingerprint density at radius 1 is 1.11 bits per heavy atom. The molecule has 1 aliphatic rings. The summed E-state index contributed by atoms with van der Waals surface area (Å²) in [5, 5.41) is 0. The lowest BCUT2D eigenvalue weighted by molar-refractivity contribution is -0.148. The molecule has 2 aromatic rings. The third-order valence-corrected chi connectivity index (χ3v) is 4.77. The first-order valence-corrected chi connectivity index (χ1v) is 9.05. The van der Waals surface area contributed by atoms with Crippen molar-refractivity contribution < 1.29 is 23.0 Å². The summed E-state index contributed by atoms with van der Waals surface area (Å²) in [6.45, 7) is 0.913. The van der Waals surface area contributed by atoms with Crippen molar-refractivity contribution in [2.45, 2.75) is 26.0 Å². The van der Waals surface area contributed by atoms with Crippen LogP contribution in [0, 0.1) is 5.92 Å². The van der Waals surface area contributed by atoms with Crippen LogP contribution in [-0.2, 0) is 16.1 Å². The van der Waals surface area contributed by atoms with Crippen LogP contribution in [0.2, 0.25) is 0 Å². The van der Waals surface area contributed by atoms with Gasteiger partial charge in [0, 0.05) is 25.6 Å². The van der Waals surface area contributed by atoms with E-state index in [1.807, 2.05) is 30.3 Å². The Morgan fingerprint density at radius 2 is 1.81 bits per heavy atom. The van der Waals surface area contributed by atoms with Gasteiger partial charge in [0.2, 0.25) is 0 Å². The predicted octanol–water partition coefficient (Wildman–Crippen LogP) is 4.07. The van der Waals surface area contributed by atoms with Crippen LogP contribution in [0.4, 0.5) is 8.78 Å². The van der Waals surface area contributed by atoms with Crippen LogP contribution in [0.1, 0.15) is 24.0 Å². The summed E-state index contributed by atoms with van der Waals surface area (Å²) in [6.07, 6.45) is 0. The van der Waals surface area contributed by atoms with Gasteiger partial charge in [-0.1, -0.05) is 48.5 Å². The minimum absolute atomic E-state index is 0.119. The Balaban J connectivity index is 1.85. The van der Waals surface area contributed by atoms with Gasteiger partial charge < -0.3 is 9.47 Å². The second kappa shape index (κ2) is 8.95. The normalized spacial score (nSPS) is 20.0. The number of carbonyl (C=O) groups excluding carboxylic acids is 1. The average molecular weight is 375 g/mol. The SMILES string of the molecule is CCOC(=O)C1CN(Cc2ccccc2)CC1c1ccccc1OC(F)F. The minimum Gasteiger partial charge on any atom is -0.466 e. The number of carbonyl (C=O) groups is 1. The van der Waals surface area contributed by atoms with Crippen molar-refractivity contribution in [3.63, 3.8) is 0 Å². The summed E-state index contributed by atoms with van der Waals surface area (Å²) in [7, 11) is 0. The van der Waals surface area contributed by atoms with Crippen molar-refractivity contribution in [2.24, 2.45) is 5.92 Å². The Labute approximate surface area is 157 Å². The molecule has 0 bridgehead atoms. The lowest BCUT2D eigenvalue weighted by atomic mass is 9.88. The van der Waals surface area contributed by atoms with Crippen molar-refractivity contribution in [1.82, 2.24) is 4.90 Å². The van der Waals surface area contributed by atoms with Crippen LogP contribution >= 0.6 is 0 Å². The molecule has 0 radical (unpaired) electrons. The van der Waals surface area contributed by atoms with E-state index < -0.39 is 12.5 Å². The first kappa shape index (κ1) is 19.3. The molecule has 0 saturated carbocycles. The molecule has 0 aromatic heterocycles. The lowest BCUT2D eigenvalue weighted by Crippen LogP contribution is -2.25. The number of rotatable bonds is 7. The number of likely N-dealkylation sites (tertiary alicyclic amines) is 1. The van der Waals surface area contributed by atoms with Gasteiger partial charge in [0.15, 0.2) is 0 Å². The number of benzene rings is 2. The van der Waals surface area contributed by atoms with E-state index in [1.54, 1.807) is 25.1 Å². The standard InChI is InChI=1S/C21H23F2NO3/c1-2-26-20(25)18-14-24(12-15-8-4-3-5-9-15)13-17(18)16-10-6-7-11-19(16)27-21(22)23/h3-11,17-18,21H,2,12-14H2,1H3. The van der Waals surface area contributed by atoms with E-state index in [4.69, 9.17) is 9.47 Å². The van der Waals surface area contributed by atoms with Gasteiger partial charge in [-0.05, 0) is 24.1 Å². The summed E-state index contributed by atoms with van der Waals surface area (Å²) in [6, 6.07) is 16.6. The van der Waals surface area contributed by atoms with Crippen LogP contribution in [0.5, 0.6) is 5.75 Å². The van der Waals surface area contributed by atoms with E-state index in [1.165, 1.54) is 6.07 Å². The summed E-state index contributed by atoms with van der Waals surface area (Å²) < 4.78 is 35.5. The third-order valence-electron chi connectivity index (χ3n) is 4.77. The number of esters is 1. The highest BCUT2D eigenvalue weighted by atomic mass is 19.3. The molecule has 1 fully saturated rings. The number of para-hydroxylation sites is 1. The third kappa shape index (κ3) is 4.83. The lowest BCUT2D eigenvalue weighted by Gasteiger charge is -2.20. The molecule has 1 aliphatic heterocycles. The molecule has 6 heteroatoms. The smallest absolute Gasteiger partial charge is 0.387 e. The molecule has 27 heavy (non-hydrogen) atoms. The maximum atomic E-state index is 12.8. The zero-order chi connectivity index (χ0) is 19.2. The van der Waals surface area contributed by atoms with Gasteiger partial charge in [-0.3, -0.25) is 9.69 Å². The fraction of sp³-hybridized carbons (Fsp3) is 0.381. The molecule has 3 rings (SSSR count). The van der Waals surface area contributed by atoms with E-state index in [9.17, 15) is 13.6 Å². The summed E-state index contributed by atoms with van der Waals surface area (Å²) in [5.74, 6) is -0.864. The van der Waals surface area contributed by atoms with Crippen LogP contribution in [0.3, 0.4) is 0 Å². The van der Waals surface area contributed by atoms with Crippen LogP contribution in [0.15, 0.2) is 54.6 Å². The van der Waals surface area contributed by atoms with Gasteiger partial charge in [-0.15, -0.1) is 0 Å². The molecule has 0 amide bonds. The van der Waals surface area contributed by atoms with E-state index in [2.05, 4.69) is 4.90 Å². The Bertz CT molecular complexity index is 754. The van der Waals surface area contributed by atoms with E-state index in [0.717, 1.165) is 5.56 Å². The number of alkyl halides is 2. The summed E-state index contributed by atoms with van der Waals surface area (Å²) >= 11 is 0. The molecule has 4 nitrogen and oxygen atoms in total. The molecule has 2 unspecified atom stereocenters. The van der Waals surface area contributed by atoms with Gasteiger partial charge in [-0.2, -0.15) is 8.78 Å².